The zero-order valence-electron chi connectivity index (χ0n) is 9.49. The normalized spacial score (nSPS) is 10.5. The van der Waals surface area contributed by atoms with E-state index >= 15 is 0 Å². The van der Waals surface area contributed by atoms with Crippen LogP contribution in [-0.2, 0) is 6.61 Å². The van der Waals surface area contributed by atoms with Crippen LogP contribution < -0.4 is 4.90 Å². The lowest BCUT2D eigenvalue weighted by Crippen LogP contribution is -2.25. The summed E-state index contributed by atoms with van der Waals surface area (Å²) in [6.45, 7) is 4.09. The summed E-state index contributed by atoms with van der Waals surface area (Å²) in [6, 6.07) is 5.84. The largest absolute Gasteiger partial charge is 0.396 e. The van der Waals surface area contributed by atoms with E-state index in [1.54, 1.807) is 0 Å². The molecule has 0 aliphatic carbocycles. The molecule has 1 aromatic carbocycles. The van der Waals surface area contributed by atoms with Crippen molar-refractivity contribution in [1.82, 2.24) is 0 Å². The molecule has 0 amide bonds. The molecule has 0 aliphatic heterocycles. The summed E-state index contributed by atoms with van der Waals surface area (Å²) >= 11 is 3.51. The minimum atomic E-state index is 0.0572. The van der Waals surface area contributed by atoms with Crippen molar-refractivity contribution < 1.29 is 10.2 Å². The number of benzene rings is 1. The smallest absolute Gasteiger partial charge is 0.0682 e. The van der Waals surface area contributed by atoms with Gasteiger partial charge >= 0.3 is 0 Å². The Morgan fingerprint density at radius 3 is 2.56 bits per heavy atom. The molecule has 16 heavy (non-hydrogen) atoms. The van der Waals surface area contributed by atoms with Gasteiger partial charge in [-0.15, -0.1) is 0 Å². The van der Waals surface area contributed by atoms with Crippen LogP contribution in [0.3, 0.4) is 0 Å². The van der Waals surface area contributed by atoms with Crippen LogP contribution in [0.4, 0.5) is 5.69 Å². The summed E-state index contributed by atoms with van der Waals surface area (Å²) in [5, 5.41) is 17.9. The van der Waals surface area contributed by atoms with E-state index in [0.29, 0.717) is 0 Å². The second kappa shape index (κ2) is 6.89. The molecular formula is C12H18BrNO2. The van der Waals surface area contributed by atoms with Crippen molar-refractivity contribution in [1.29, 1.82) is 0 Å². The number of rotatable bonds is 6. The van der Waals surface area contributed by atoms with E-state index in [2.05, 4.69) is 27.8 Å². The molecule has 0 aliphatic rings. The SMILES string of the molecule is CCN(CCCO)c1ccc(CO)cc1Br. The van der Waals surface area contributed by atoms with Gasteiger partial charge in [-0.25, -0.2) is 0 Å². The Balaban J connectivity index is 2.83. The molecule has 1 rings (SSSR count). The Kier molecular flexibility index (Phi) is 5.80. The molecule has 0 saturated heterocycles. The minimum absolute atomic E-state index is 0.0572. The molecule has 3 nitrogen and oxygen atoms in total. The van der Waals surface area contributed by atoms with E-state index in [9.17, 15) is 0 Å². The lowest BCUT2D eigenvalue weighted by atomic mass is 10.2. The van der Waals surface area contributed by atoms with E-state index in [1.807, 2.05) is 18.2 Å². The second-order valence-corrected chi connectivity index (χ2v) is 4.46. The van der Waals surface area contributed by atoms with Gasteiger partial charge in [0.25, 0.3) is 0 Å². The zero-order chi connectivity index (χ0) is 12.0. The molecule has 0 fully saturated rings. The summed E-state index contributed by atoms with van der Waals surface area (Å²) in [6.07, 6.45) is 0.766. The number of hydrogen-bond donors (Lipinski definition) is 2. The van der Waals surface area contributed by atoms with Crippen LogP contribution in [0.2, 0.25) is 0 Å². The van der Waals surface area contributed by atoms with Crippen LogP contribution >= 0.6 is 15.9 Å². The topological polar surface area (TPSA) is 43.7 Å². The van der Waals surface area contributed by atoms with E-state index < -0.39 is 0 Å². The highest BCUT2D eigenvalue weighted by Gasteiger charge is 2.08. The summed E-state index contributed by atoms with van der Waals surface area (Å²) in [5.41, 5.74) is 2.00. The summed E-state index contributed by atoms with van der Waals surface area (Å²) in [5.74, 6) is 0. The summed E-state index contributed by atoms with van der Waals surface area (Å²) in [4.78, 5) is 2.20. The number of nitrogens with zero attached hydrogens (tertiary/aromatic N) is 1. The van der Waals surface area contributed by atoms with Crippen molar-refractivity contribution in [2.75, 3.05) is 24.6 Å². The van der Waals surface area contributed by atoms with E-state index in [-0.39, 0.29) is 13.2 Å². The quantitative estimate of drug-likeness (QED) is 0.843. The Bertz CT molecular complexity index is 331. The standard InChI is InChI=1S/C12H18BrNO2/c1-2-14(6-3-7-15)12-5-4-10(9-16)8-11(12)13/h4-5,8,15-16H,2-3,6-7,9H2,1H3. The van der Waals surface area contributed by atoms with Gasteiger partial charge in [-0.2, -0.15) is 0 Å². The van der Waals surface area contributed by atoms with Crippen LogP contribution in [0.15, 0.2) is 22.7 Å². The van der Waals surface area contributed by atoms with Gasteiger partial charge in [0.1, 0.15) is 0 Å². The van der Waals surface area contributed by atoms with Crippen LogP contribution in [0, 0.1) is 0 Å². The number of hydrogen-bond acceptors (Lipinski definition) is 3. The van der Waals surface area contributed by atoms with Crippen molar-refractivity contribution in [3.05, 3.63) is 28.2 Å². The fourth-order valence-corrected chi connectivity index (χ4v) is 2.29. The second-order valence-electron chi connectivity index (χ2n) is 3.60. The van der Waals surface area contributed by atoms with Gasteiger partial charge in [-0.05, 0) is 47.0 Å². The average molecular weight is 288 g/mol. The van der Waals surface area contributed by atoms with Crippen molar-refractivity contribution in [3.63, 3.8) is 0 Å². The van der Waals surface area contributed by atoms with E-state index in [4.69, 9.17) is 10.2 Å². The van der Waals surface area contributed by atoms with Crippen molar-refractivity contribution >= 4 is 21.6 Å². The molecule has 4 heteroatoms. The number of halogens is 1. The Hall–Kier alpha value is -0.580. The zero-order valence-corrected chi connectivity index (χ0v) is 11.1. The maximum Gasteiger partial charge on any atom is 0.0682 e. The molecule has 90 valence electrons. The molecule has 0 radical (unpaired) electrons. The fourth-order valence-electron chi connectivity index (χ4n) is 1.62. The van der Waals surface area contributed by atoms with Crippen LogP contribution in [-0.4, -0.2) is 29.9 Å². The molecular weight excluding hydrogens is 270 g/mol. The average Bonchev–Trinajstić information content (AvgIpc) is 2.31. The lowest BCUT2D eigenvalue weighted by molar-refractivity contribution is 0.282. The lowest BCUT2D eigenvalue weighted by Gasteiger charge is -2.24. The van der Waals surface area contributed by atoms with Crippen LogP contribution in [0.1, 0.15) is 18.9 Å². The third-order valence-corrected chi connectivity index (χ3v) is 3.14. The van der Waals surface area contributed by atoms with Gasteiger partial charge in [0.2, 0.25) is 0 Å². The van der Waals surface area contributed by atoms with Gasteiger partial charge < -0.3 is 15.1 Å². The van der Waals surface area contributed by atoms with Gasteiger partial charge in [-0.3, -0.25) is 0 Å². The predicted octanol–water partition coefficient (Wildman–Crippen LogP) is 2.15. The number of anilines is 1. The van der Waals surface area contributed by atoms with Gasteiger partial charge in [-0.1, -0.05) is 6.07 Å². The summed E-state index contributed by atoms with van der Waals surface area (Å²) < 4.78 is 0.985. The molecule has 0 aromatic heterocycles. The predicted molar refractivity (Wildman–Crippen MR) is 69.7 cm³/mol. The highest BCUT2D eigenvalue weighted by molar-refractivity contribution is 9.10. The highest BCUT2D eigenvalue weighted by Crippen LogP contribution is 2.27. The molecule has 1 aromatic rings. The maximum atomic E-state index is 9.02. The van der Waals surface area contributed by atoms with Gasteiger partial charge in [0.05, 0.1) is 12.3 Å². The maximum absolute atomic E-state index is 9.02. The minimum Gasteiger partial charge on any atom is -0.396 e. The van der Waals surface area contributed by atoms with Gasteiger partial charge in [0, 0.05) is 24.2 Å². The summed E-state index contributed by atoms with van der Waals surface area (Å²) in [7, 11) is 0. The molecule has 2 N–H and O–H groups in total. The van der Waals surface area contributed by atoms with E-state index in [0.717, 1.165) is 35.2 Å². The Labute approximate surface area is 105 Å². The van der Waals surface area contributed by atoms with Crippen molar-refractivity contribution in [2.45, 2.75) is 20.0 Å². The molecule has 0 spiro atoms. The van der Waals surface area contributed by atoms with Crippen molar-refractivity contribution in [3.8, 4) is 0 Å². The van der Waals surface area contributed by atoms with Crippen LogP contribution in [0.5, 0.6) is 0 Å². The molecule has 0 unspecified atom stereocenters. The highest BCUT2D eigenvalue weighted by atomic mass is 79.9. The monoisotopic (exact) mass is 287 g/mol. The van der Waals surface area contributed by atoms with Crippen LogP contribution in [0.25, 0.3) is 0 Å². The Morgan fingerprint density at radius 1 is 1.31 bits per heavy atom. The first kappa shape index (κ1) is 13.5. The molecule has 0 heterocycles. The first-order valence-corrected chi connectivity index (χ1v) is 6.27. The van der Waals surface area contributed by atoms with E-state index in [1.165, 1.54) is 0 Å². The van der Waals surface area contributed by atoms with Gasteiger partial charge in [0.15, 0.2) is 0 Å². The fraction of sp³-hybridized carbons (Fsp3) is 0.500. The first-order valence-electron chi connectivity index (χ1n) is 5.48. The third kappa shape index (κ3) is 3.47. The van der Waals surface area contributed by atoms with Crippen molar-refractivity contribution in [2.24, 2.45) is 0 Å². The Morgan fingerprint density at radius 2 is 2.06 bits per heavy atom. The first-order chi connectivity index (χ1) is 7.72. The number of aliphatic hydroxyl groups excluding tert-OH is 2. The third-order valence-electron chi connectivity index (χ3n) is 2.50. The number of aliphatic hydroxyl groups is 2. The molecule has 0 saturated carbocycles. The molecule has 0 atom stereocenters. The molecule has 0 bridgehead atoms.